The number of hydrogen-bond acceptors (Lipinski definition) is 4. The van der Waals surface area contributed by atoms with Crippen LogP contribution in [-0.2, 0) is 0 Å². The van der Waals surface area contributed by atoms with E-state index < -0.39 is 0 Å². The van der Waals surface area contributed by atoms with E-state index in [-0.39, 0.29) is 18.9 Å². The molecule has 2 aliphatic rings. The van der Waals surface area contributed by atoms with E-state index in [0.717, 1.165) is 34.1 Å². The van der Waals surface area contributed by atoms with Crippen LogP contribution in [0.2, 0.25) is 0 Å². The van der Waals surface area contributed by atoms with Gasteiger partial charge in [-0.2, -0.15) is 0 Å². The van der Waals surface area contributed by atoms with Gasteiger partial charge >= 0.3 is 0 Å². The third-order valence-corrected chi connectivity index (χ3v) is 6.16. The topological polar surface area (TPSA) is 51.6 Å². The number of aromatic nitrogens is 2. The highest BCUT2D eigenvalue weighted by Gasteiger charge is 2.41. The standard InChI is InChI=1S/C25H20N4O2S/c32-25-27-23(20-8-4-5-12-26-20)24(17-11-13-28(15-17)18-6-2-1-3-7-18)29(25)19-9-10-21-22(14-19)31-16-30-21/h1-15,23-24H,16H2,(H,27,32). The molecule has 7 heteroatoms. The zero-order valence-electron chi connectivity index (χ0n) is 17.1. The van der Waals surface area contributed by atoms with Crippen LogP contribution in [0.4, 0.5) is 5.69 Å². The number of ether oxygens (including phenoxy) is 2. The molecule has 0 radical (unpaired) electrons. The van der Waals surface area contributed by atoms with Crippen LogP contribution >= 0.6 is 12.2 Å². The zero-order valence-corrected chi connectivity index (χ0v) is 17.9. The minimum Gasteiger partial charge on any atom is -0.454 e. The van der Waals surface area contributed by atoms with E-state index in [0.29, 0.717) is 5.11 Å². The summed E-state index contributed by atoms with van der Waals surface area (Å²) >= 11 is 5.81. The summed E-state index contributed by atoms with van der Waals surface area (Å²) in [6, 6.07) is 24.1. The number of nitrogens with one attached hydrogen (secondary N) is 1. The number of rotatable bonds is 4. The molecule has 2 aromatic carbocycles. The average Bonchev–Trinajstić information content (AvgIpc) is 3.58. The lowest BCUT2D eigenvalue weighted by Crippen LogP contribution is -2.29. The summed E-state index contributed by atoms with van der Waals surface area (Å²) in [5.74, 6) is 1.48. The molecule has 1 saturated heterocycles. The Morgan fingerprint density at radius 2 is 1.75 bits per heavy atom. The Balaban J connectivity index is 1.45. The predicted molar refractivity (Wildman–Crippen MR) is 126 cm³/mol. The first-order chi connectivity index (χ1) is 15.8. The molecule has 4 aromatic rings. The molecule has 6 nitrogen and oxygen atoms in total. The molecule has 4 heterocycles. The van der Waals surface area contributed by atoms with Crippen molar-refractivity contribution >= 4 is 23.0 Å². The number of nitrogens with zero attached hydrogens (tertiary/aromatic N) is 3. The van der Waals surface area contributed by atoms with Gasteiger partial charge in [-0.3, -0.25) is 4.98 Å². The van der Waals surface area contributed by atoms with E-state index in [1.807, 2.05) is 60.8 Å². The van der Waals surface area contributed by atoms with Crippen molar-refractivity contribution in [2.45, 2.75) is 12.1 Å². The minimum absolute atomic E-state index is 0.0808. The maximum Gasteiger partial charge on any atom is 0.231 e. The number of anilines is 1. The molecule has 0 spiro atoms. The Labute approximate surface area is 191 Å². The third-order valence-electron chi connectivity index (χ3n) is 5.84. The van der Waals surface area contributed by atoms with Gasteiger partial charge in [0.25, 0.3) is 0 Å². The van der Waals surface area contributed by atoms with E-state index in [9.17, 15) is 0 Å². The summed E-state index contributed by atoms with van der Waals surface area (Å²) in [4.78, 5) is 6.76. The highest BCUT2D eigenvalue weighted by atomic mass is 32.1. The van der Waals surface area contributed by atoms with Gasteiger partial charge in [0.2, 0.25) is 6.79 Å². The normalized spacial score (nSPS) is 19.2. The van der Waals surface area contributed by atoms with Gasteiger partial charge in [0.15, 0.2) is 16.6 Å². The molecule has 158 valence electrons. The molecular weight excluding hydrogens is 420 g/mol. The fourth-order valence-corrected chi connectivity index (χ4v) is 4.70. The van der Waals surface area contributed by atoms with E-state index in [2.05, 4.69) is 50.4 Å². The first-order valence-electron chi connectivity index (χ1n) is 10.4. The number of fused-ring (bicyclic) bond motifs is 1. The van der Waals surface area contributed by atoms with Crippen LogP contribution < -0.4 is 19.7 Å². The number of pyridine rings is 1. The molecular formula is C25H20N4O2S. The van der Waals surface area contributed by atoms with Gasteiger partial charge in [0, 0.05) is 36.0 Å². The third kappa shape index (κ3) is 3.18. The molecule has 0 aliphatic carbocycles. The molecule has 1 N–H and O–H groups in total. The lowest BCUT2D eigenvalue weighted by Gasteiger charge is -2.27. The monoisotopic (exact) mass is 440 g/mol. The van der Waals surface area contributed by atoms with Crippen molar-refractivity contribution in [3.8, 4) is 17.2 Å². The van der Waals surface area contributed by atoms with Gasteiger partial charge in [-0.05, 0) is 60.2 Å². The lowest BCUT2D eigenvalue weighted by molar-refractivity contribution is 0.174. The Hall–Kier alpha value is -3.84. The van der Waals surface area contributed by atoms with Crippen LogP contribution in [-0.4, -0.2) is 21.5 Å². The predicted octanol–water partition coefficient (Wildman–Crippen LogP) is 4.78. The summed E-state index contributed by atoms with van der Waals surface area (Å²) in [6.07, 6.45) is 6.06. The van der Waals surface area contributed by atoms with Gasteiger partial charge in [-0.25, -0.2) is 0 Å². The maximum absolute atomic E-state index is 5.81. The van der Waals surface area contributed by atoms with Gasteiger partial charge in [0.1, 0.15) is 0 Å². The van der Waals surface area contributed by atoms with E-state index in [1.165, 1.54) is 0 Å². The lowest BCUT2D eigenvalue weighted by atomic mass is 9.98. The Kier molecular flexibility index (Phi) is 4.54. The molecule has 2 unspecified atom stereocenters. The van der Waals surface area contributed by atoms with Crippen LogP contribution in [0.3, 0.4) is 0 Å². The van der Waals surface area contributed by atoms with Gasteiger partial charge < -0.3 is 24.3 Å². The van der Waals surface area contributed by atoms with Crippen LogP contribution in [0.15, 0.2) is 91.4 Å². The fourth-order valence-electron chi connectivity index (χ4n) is 4.36. The molecule has 2 atom stereocenters. The molecule has 32 heavy (non-hydrogen) atoms. The first kappa shape index (κ1) is 18.9. The first-order valence-corrected chi connectivity index (χ1v) is 10.8. The van der Waals surface area contributed by atoms with Crippen molar-refractivity contribution in [2.75, 3.05) is 11.7 Å². The van der Waals surface area contributed by atoms with Crippen LogP contribution in [0.1, 0.15) is 23.3 Å². The van der Waals surface area contributed by atoms with Crippen LogP contribution in [0, 0.1) is 0 Å². The SMILES string of the molecule is S=C1NC(c2ccccn2)C(c2ccn(-c3ccccc3)c2)N1c1ccc2c(c1)OCO2. The number of benzene rings is 2. The maximum atomic E-state index is 5.81. The molecule has 2 aliphatic heterocycles. The van der Waals surface area contributed by atoms with Crippen LogP contribution in [0.5, 0.6) is 11.5 Å². The van der Waals surface area contributed by atoms with Crippen molar-refractivity contribution in [1.82, 2.24) is 14.9 Å². The van der Waals surface area contributed by atoms with Crippen LogP contribution in [0.25, 0.3) is 5.69 Å². The molecule has 2 aromatic heterocycles. The minimum atomic E-state index is -0.0965. The van der Waals surface area contributed by atoms with Crippen molar-refractivity contribution in [3.05, 3.63) is 103 Å². The summed E-state index contributed by atoms with van der Waals surface area (Å²) in [6.45, 7) is 0.237. The molecule has 1 fully saturated rings. The molecule has 0 saturated carbocycles. The average molecular weight is 441 g/mol. The van der Waals surface area contributed by atoms with Gasteiger partial charge in [-0.15, -0.1) is 0 Å². The quantitative estimate of drug-likeness (QED) is 0.461. The van der Waals surface area contributed by atoms with Gasteiger partial charge in [0.05, 0.1) is 17.8 Å². The van der Waals surface area contributed by atoms with E-state index in [4.69, 9.17) is 21.7 Å². The highest BCUT2D eigenvalue weighted by molar-refractivity contribution is 7.80. The van der Waals surface area contributed by atoms with Gasteiger partial charge in [-0.1, -0.05) is 24.3 Å². The number of hydrogen-bond donors (Lipinski definition) is 1. The summed E-state index contributed by atoms with van der Waals surface area (Å²) < 4.78 is 13.2. The van der Waals surface area contributed by atoms with Crippen molar-refractivity contribution in [3.63, 3.8) is 0 Å². The van der Waals surface area contributed by atoms with Crippen molar-refractivity contribution in [2.24, 2.45) is 0 Å². The zero-order chi connectivity index (χ0) is 21.5. The smallest absolute Gasteiger partial charge is 0.231 e. The Morgan fingerprint density at radius 3 is 2.59 bits per heavy atom. The summed E-state index contributed by atoms with van der Waals surface area (Å²) in [5.41, 5.74) is 4.13. The largest absolute Gasteiger partial charge is 0.454 e. The molecule has 0 amide bonds. The summed E-state index contributed by atoms with van der Waals surface area (Å²) in [7, 11) is 0. The second-order valence-electron chi connectivity index (χ2n) is 7.72. The van der Waals surface area contributed by atoms with E-state index >= 15 is 0 Å². The van der Waals surface area contributed by atoms with Crippen molar-refractivity contribution in [1.29, 1.82) is 0 Å². The van der Waals surface area contributed by atoms with Crippen molar-refractivity contribution < 1.29 is 9.47 Å². The molecule has 6 rings (SSSR count). The Bertz CT molecular complexity index is 1280. The second-order valence-corrected chi connectivity index (χ2v) is 8.11. The second kappa shape index (κ2) is 7.69. The van der Waals surface area contributed by atoms with E-state index in [1.54, 1.807) is 0 Å². The fraction of sp³-hybridized carbons (Fsp3) is 0.120. The Morgan fingerprint density at radius 1 is 0.906 bits per heavy atom. The highest BCUT2D eigenvalue weighted by Crippen LogP contribution is 2.44. The molecule has 0 bridgehead atoms. The number of para-hydroxylation sites is 1. The number of thiocarbonyl (C=S) groups is 1. The summed E-state index contributed by atoms with van der Waals surface area (Å²) in [5, 5.41) is 4.15.